The number of rotatable bonds is 6. The molecule has 6 heteroatoms. The van der Waals surface area contributed by atoms with Crippen molar-refractivity contribution in [3.05, 3.63) is 18.3 Å². The van der Waals surface area contributed by atoms with E-state index < -0.39 is 0 Å². The quantitative estimate of drug-likeness (QED) is 0.841. The first-order valence-electron chi connectivity index (χ1n) is 9.75. The number of aromatic nitrogens is 2. The third kappa shape index (κ3) is 5.36. The van der Waals surface area contributed by atoms with Crippen LogP contribution in [0.4, 0.5) is 5.82 Å². The number of hydrogen-bond donors (Lipinski definition) is 1. The molecule has 6 nitrogen and oxygen atoms in total. The molecule has 3 rings (SSSR count). The van der Waals surface area contributed by atoms with E-state index in [4.69, 9.17) is 0 Å². The number of aliphatic hydroxyl groups excluding tert-OH is 1. The molecule has 0 bridgehead atoms. The Morgan fingerprint density at radius 2 is 2.08 bits per heavy atom. The fourth-order valence-corrected chi connectivity index (χ4v) is 4.07. The van der Waals surface area contributed by atoms with Gasteiger partial charge in [-0.25, -0.2) is 0 Å². The van der Waals surface area contributed by atoms with Crippen molar-refractivity contribution in [3.8, 4) is 0 Å². The minimum atomic E-state index is -0.273. The van der Waals surface area contributed by atoms with Gasteiger partial charge in [-0.3, -0.25) is 4.90 Å². The van der Waals surface area contributed by atoms with E-state index in [2.05, 4.69) is 38.9 Å². The van der Waals surface area contributed by atoms with E-state index in [9.17, 15) is 5.11 Å². The summed E-state index contributed by atoms with van der Waals surface area (Å²) in [6, 6.07) is 4.44. The van der Waals surface area contributed by atoms with Crippen LogP contribution in [0.15, 0.2) is 18.3 Å². The maximum Gasteiger partial charge on any atom is 0.151 e. The van der Waals surface area contributed by atoms with Crippen LogP contribution in [-0.4, -0.2) is 83.6 Å². The molecule has 1 aromatic rings. The number of anilines is 1. The zero-order valence-corrected chi connectivity index (χ0v) is 15.7. The van der Waals surface area contributed by atoms with Gasteiger partial charge in [0.2, 0.25) is 0 Å². The number of hydrogen-bond acceptors (Lipinski definition) is 6. The molecule has 3 heterocycles. The first-order chi connectivity index (χ1) is 12.1. The number of piperidine rings is 2. The van der Waals surface area contributed by atoms with Crippen molar-refractivity contribution in [2.45, 2.75) is 44.8 Å². The van der Waals surface area contributed by atoms with E-state index in [1.807, 2.05) is 12.1 Å². The lowest BCUT2D eigenvalue weighted by Gasteiger charge is -2.39. The summed E-state index contributed by atoms with van der Waals surface area (Å²) >= 11 is 0. The Morgan fingerprint density at radius 1 is 1.28 bits per heavy atom. The number of nitrogens with zero attached hydrogens (tertiary/aromatic N) is 5. The second-order valence-electron chi connectivity index (χ2n) is 7.90. The Labute approximate surface area is 151 Å². The first kappa shape index (κ1) is 18.5. The monoisotopic (exact) mass is 347 g/mol. The minimum absolute atomic E-state index is 0.273. The van der Waals surface area contributed by atoms with E-state index >= 15 is 0 Å². The summed E-state index contributed by atoms with van der Waals surface area (Å²) in [6.45, 7) is 8.13. The third-order valence-corrected chi connectivity index (χ3v) is 5.75. The highest BCUT2D eigenvalue weighted by molar-refractivity contribution is 5.37. The van der Waals surface area contributed by atoms with Crippen molar-refractivity contribution >= 4 is 5.82 Å². The van der Waals surface area contributed by atoms with Gasteiger partial charge in [-0.1, -0.05) is 6.92 Å². The summed E-state index contributed by atoms with van der Waals surface area (Å²) in [5, 5.41) is 18.8. The molecular formula is C19H33N5O. The van der Waals surface area contributed by atoms with Crippen molar-refractivity contribution in [2.75, 3.05) is 51.2 Å². The average molecular weight is 348 g/mol. The van der Waals surface area contributed by atoms with Gasteiger partial charge in [-0.15, -0.1) is 5.10 Å². The normalized spacial score (nSPS) is 24.6. The van der Waals surface area contributed by atoms with Crippen LogP contribution in [0.2, 0.25) is 0 Å². The van der Waals surface area contributed by atoms with E-state index in [0.717, 1.165) is 57.4 Å². The van der Waals surface area contributed by atoms with Crippen molar-refractivity contribution in [2.24, 2.45) is 5.92 Å². The fraction of sp³-hybridized carbons (Fsp3) is 0.789. The molecule has 0 spiro atoms. The zero-order chi connectivity index (χ0) is 17.6. The van der Waals surface area contributed by atoms with Gasteiger partial charge in [0.1, 0.15) is 0 Å². The average Bonchev–Trinajstić information content (AvgIpc) is 2.64. The molecule has 0 aliphatic carbocycles. The fourth-order valence-electron chi connectivity index (χ4n) is 4.07. The Bertz CT molecular complexity index is 506. The van der Waals surface area contributed by atoms with Gasteiger partial charge in [-0.05, 0) is 63.9 Å². The lowest BCUT2D eigenvalue weighted by atomic mass is 9.99. The van der Waals surface area contributed by atoms with Crippen LogP contribution in [0.3, 0.4) is 0 Å². The Balaban J connectivity index is 1.46. The lowest BCUT2D eigenvalue weighted by molar-refractivity contribution is 0.0547. The molecule has 0 amide bonds. The van der Waals surface area contributed by atoms with Gasteiger partial charge in [0.15, 0.2) is 5.82 Å². The third-order valence-electron chi connectivity index (χ3n) is 5.75. The van der Waals surface area contributed by atoms with Gasteiger partial charge in [0.25, 0.3) is 0 Å². The number of likely N-dealkylation sites (tertiary alicyclic amines) is 1. The Hall–Kier alpha value is -1.24. The topological polar surface area (TPSA) is 55.7 Å². The van der Waals surface area contributed by atoms with Crippen LogP contribution >= 0.6 is 0 Å². The molecule has 0 radical (unpaired) electrons. The highest BCUT2D eigenvalue weighted by Crippen LogP contribution is 2.20. The van der Waals surface area contributed by atoms with E-state index in [1.165, 1.54) is 19.3 Å². The standard InChI is InChI=1S/C19H33N5O/c1-16-7-11-23(12-8-16)15-18(25)14-22(2)17-5-4-10-24(13-17)19-6-3-9-20-21-19/h3,6,9,16-18,25H,4-5,7-8,10-15H2,1-2H3/t17-,18-/m1/s1. The van der Waals surface area contributed by atoms with Gasteiger partial charge in [0.05, 0.1) is 6.10 Å². The van der Waals surface area contributed by atoms with Crippen LogP contribution in [0, 0.1) is 5.92 Å². The molecule has 1 N–H and O–H groups in total. The molecule has 0 aromatic carbocycles. The molecular weight excluding hydrogens is 314 g/mol. The molecule has 25 heavy (non-hydrogen) atoms. The zero-order valence-electron chi connectivity index (χ0n) is 15.7. The number of likely N-dealkylation sites (N-methyl/N-ethyl adjacent to an activating group) is 1. The van der Waals surface area contributed by atoms with E-state index in [0.29, 0.717) is 6.04 Å². The maximum atomic E-state index is 10.5. The van der Waals surface area contributed by atoms with Crippen LogP contribution in [0.5, 0.6) is 0 Å². The molecule has 1 aromatic heterocycles. The second-order valence-corrected chi connectivity index (χ2v) is 7.90. The van der Waals surface area contributed by atoms with Crippen molar-refractivity contribution < 1.29 is 5.11 Å². The summed E-state index contributed by atoms with van der Waals surface area (Å²) in [4.78, 5) is 7.07. The van der Waals surface area contributed by atoms with Gasteiger partial charge >= 0.3 is 0 Å². The summed E-state index contributed by atoms with van der Waals surface area (Å²) in [5.41, 5.74) is 0. The van der Waals surface area contributed by atoms with Crippen LogP contribution in [0.25, 0.3) is 0 Å². The summed E-state index contributed by atoms with van der Waals surface area (Å²) in [6.07, 6.45) is 6.31. The highest BCUT2D eigenvalue weighted by atomic mass is 16.3. The molecule has 0 saturated carbocycles. The SMILES string of the molecule is CC1CCN(C[C@H](O)CN(C)[C@@H]2CCCN(c3cccnn3)C2)CC1. The summed E-state index contributed by atoms with van der Waals surface area (Å²) in [7, 11) is 2.15. The van der Waals surface area contributed by atoms with Crippen molar-refractivity contribution in [3.63, 3.8) is 0 Å². The van der Waals surface area contributed by atoms with Crippen molar-refractivity contribution in [1.82, 2.24) is 20.0 Å². The molecule has 2 aliphatic heterocycles. The van der Waals surface area contributed by atoms with E-state index in [1.54, 1.807) is 6.20 Å². The molecule has 140 valence electrons. The Morgan fingerprint density at radius 3 is 2.80 bits per heavy atom. The minimum Gasteiger partial charge on any atom is -0.390 e. The maximum absolute atomic E-state index is 10.5. The van der Waals surface area contributed by atoms with Gasteiger partial charge in [0, 0.05) is 38.4 Å². The predicted octanol–water partition coefficient (Wildman–Crippen LogP) is 1.47. The van der Waals surface area contributed by atoms with Gasteiger partial charge in [-0.2, -0.15) is 5.10 Å². The first-order valence-corrected chi connectivity index (χ1v) is 9.75. The van der Waals surface area contributed by atoms with E-state index in [-0.39, 0.29) is 6.10 Å². The Kier molecular flexibility index (Phi) is 6.62. The molecule has 2 saturated heterocycles. The highest BCUT2D eigenvalue weighted by Gasteiger charge is 2.26. The summed E-state index contributed by atoms with van der Waals surface area (Å²) < 4.78 is 0. The largest absolute Gasteiger partial charge is 0.390 e. The second kappa shape index (κ2) is 8.92. The summed E-state index contributed by atoms with van der Waals surface area (Å²) in [5.74, 6) is 1.80. The molecule has 2 atom stereocenters. The smallest absolute Gasteiger partial charge is 0.151 e. The lowest BCUT2D eigenvalue weighted by Crippen LogP contribution is -2.50. The molecule has 2 fully saturated rings. The van der Waals surface area contributed by atoms with Crippen LogP contribution in [-0.2, 0) is 0 Å². The van der Waals surface area contributed by atoms with Gasteiger partial charge < -0.3 is 14.9 Å². The predicted molar refractivity (Wildman–Crippen MR) is 101 cm³/mol. The van der Waals surface area contributed by atoms with Crippen LogP contribution < -0.4 is 4.90 Å². The molecule has 0 unspecified atom stereocenters. The number of β-amino-alcohol motifs (C(OH)–C–C–N with tert-alkyl or cyclic N) is 1. The number of aliphatic hydroxyl groups is 1. The molecule has 2 aliphatic rings. The van der Waals surface area contributed by atoms with Crippen LogP contribution in [0.1, 0.15) is 32.6 Å². The van der Waals surface area contributed by atoms with Crippen molar-refractivity contribution in [1.29, 1.82) is 0 Å².